The van der Waals surface area contributed by atoms with E-state index in [9.17, 15) is 4.79 Å². The molecule has 1 saturated carbocycles. The fourth-order valence-corrected chi connectivity index (χ4v) is 2.71. The van der Waals surface area contributed by atoms with Gasteiger partial charge < -0.3 is 11.1 Å². The standard InChI is InChI=1S/C15H22N2O/c1-11-5-4-7-13(9-11)17-15(18)10-12-6-2-3-8-14(12)16/h2-3,6,8,11,13H,4-5,7,9-10,16H2,1H3,(H,17,18)/t11-,13-/m1/s1. The zero-order valence-electron chi connectivity index (χ0n) is 11.0. The molecule has 0 bridgehead atoms. The van der Waals surface area contributed by atoms with Crippen LogP contribution in [0.5, 0.6) is 0 Å². The second kappa shape index (κ2) is 5.89. The molecule has 2 rings (SSSR count). The number of hydrogen-bond acceptors (Lipinski definition) is 2. The van der Waals surface area contributed by atoms with Crippen LogP contribution < -0.4 is 11.1 Å². The fraction of sp³-hybridized carbons (Fsp3) is 0.533. The summed E-state index contributed by atoms with van der Waals surface area (Å²) in [6.07, 6.45) is 5.12. The van der Waals surface area contributed by atoms with Gasteiger partial charge in [0.15, 0.2) is 0 Å². The molecule has 3 N–H and O–H groups in total. The summed E-state index contributed by atoms with van der Waals surface area (Å²) in [5, 5.41) is 3.13. The Hall–Kier alpha value is -1.51. The van der Waals surface area contributed by atoms with E-state index in [1.807, 2.05) is 24.3 Å². The molecule has 1 aromatic carbocycles. The molecule has 98 valence electrons. The molecular weight excluding hydrogens is 224 g/mol. The van der Waals surface area contributed by atoms with E-state index in [0.29, 0.717) is 18.2 Å². The average molecular weight is 246 g/mol. The van der Waals surface area contributed by atoms with Crippen LogP contribution in [0.15, 0.2) is 24.3 Å². The minimum Gasteiger partial charge on any atom is -0.398 e. The SMILES string of the molecule is C[C@@H]1CCC[C@@H](NC(=O)Cc2ccccc2N)C1. The topological polar surface area (TPSA) is 55.1 Å². The summed E-state index contributed by atoms with van der Waals surface area (Å²) in [6, 6.07) is 7.91. The molecule has 0 radical (unpaired) electrons. The van der Waals surface area contributed by atoms with Gasteiger partial charge in [-0.05, 0) is 30.4 Å². The molecule has 0 saturated heterocycles. The lowest BCUT2D eigenvalue weighted by molar-refractivity contribution is -0.121. The fourth-order valence-electron chi connectivity index (χ4n) is 2.71. The van der Waals surface area contributed by atoms with E-state index < -0.39 is 0 Å². The van der Waals surface area contributed by atoms with Crippen molar-refractivity contribution in [1.82, 2.24) is 5.32 Å². The Balaban J connectivity index is 1.87. The van der Waals surface area contributed by atoms with Gasteiger partial charge in [-0.3, -0.25) is 4.79 Å². The smallest absolute Gasteiger partial charge is 0.224 e. The Morgan fingerprint density at radius 1 is 1.39 bits per heavy atom. The van der Waals surface area contributed by atoms with Crippen molar-refractivity contribution in [2.75, 3.05) is 5.73 Å². The van der Waals surface area contributed by atoms with Crippen LogP contribution in [0.25, 0.3) is 0 Å². The summed E-state index contributed by atoms with van der Waals surface area (Å²) in [6.45, 7) is 2.26. The highest BCUT2D eigenvalue weighted by atomic mass is 16.1. The van der Waals surface area contributed by atoms with Crippen LogP contribution in [0.3, 0.4) is 0 Å². The molecule has 1 aromatic rings. The van der Waals surface area contributed by atoms with Crippen molar-refractivity contribution in [3.8, 4) is 0 Å². The van der Waals surface area contributed by atoms with Crippen LogP contribution in [0, 0.1) is 5.92 Å². The number of rotatable bonds is 3. The summed E-state index contributed by atoms with van der Waals surface area (Å²) < 4.78 is 0. The first kappa shape index (κ1) is 12.9. The Morgan fingerprint density at radius 3 is 2.89 bits per heavy atom. The molecule has 1 amide bonds. The van der Waals surface area contributed by atoms with Crippen molar-refractivity contribution in [3.63, 3.8) is 0 Å². The second-order valence-electron chi connectivity index (χ2n) is 5.41. The molecule has 2 atom stereocenters. The maximum atomic E-state index is 12.0. The van der Waals surface area contributed by atoms with Crippen molar-refractivity contribution < 1.29 is 4.79 Å². The van der Waals surface area contributed by atoms with Crippen LogP contribution in [0.2, 0.25) is 0 Å². The molecule has 0 spiro atoms. The van der Waals surface area contributed by atoms with Crippen LogP contribution in [-0.4, -0.2) is 11.9 Å². The Morgan fingerprint density at radius 2 is 2.17 bits per heavy atom. The zero-order chi connectivity index (χ0) is 13.0. The van der Waals surface area contributed by atoms with E-state index in [-0.39, 0.29) is 5.91 Å². The van der Waals surface area contributed by atoms with Crippen LogP contribution in [0.4, 0.5) is 5.69 Å². The summed E-state index contributed by atoms with van der Waals surface area (Å²) in [5.41, 5.74) is 7.46. The highest BCUT2D eigenvalue weighted by molar-refractivity contribution is 5.80. The van der Waals surface area contributed by atoms with E-state index in [1.165, 1.54) is 12.8 Å². The van der Waals surface area contributed by atoms with Gasteiger partial charge in [0.05, 0.1) is 6.42 Å². The minimum absolute atomic E-state index is 0.0898. The zero-order valence-corrected chi connectivity index (χ0v) is 11.0. The van der Waals surface area contributed by atoms with E-state index in [2.05, 4.69) is 12.2 Å². The summed E-state index contributed by atoms with van der Waals surface area (Å²) >= 11 is 0. The number of amides is 1. The number of carbonyl (C=O) groups excluding carboxylic acids is 1. The third-order valence-electron chi connectivity index (χ3n) is 3.71. The Labute approximate surface area is 109 Å². The highest BCUT2D eigenvalue weighted by Crippen LogP contribution is 2.23. The van der Waals surface area contributed by atoms with Crippen LogP contribution in [0.1, 0.15) is 38.2 Å². The minimum atomic E-state index is 0.0898. The molecule has 1 aliphatic rings. The lowest BCUT2D eigenvalue weighted by Crippen LogP contribution is -2.38. The molecule has 0 aliphatic heterocycles. The van der Waals surface area contributed by atoms with E-state index in [0.717, 1.165) is 24.3 Å². The van der Waals surface area contributed by atoms with Crippen molar-refractivity contribution in [3.05, 3.63) is 29.8 Å². The van der Waals surface area contributed by atoms with Crippen molar-refractivity contribution in [2.24, 2.45) is 5.92 Å². The van der Waals surface area contributed by atoms with Gasteiger partial charge in [-0.1, -0.05) is 38.0 Å². The first-order chi connectivity index (χ1) is 8.65. The number of para-hydroxylation sites is 1. The van der Waals surface area contributed by atoms with E-state index in [1.54, 1.807) is 0 Å². The molecule has 3 heteroatoms. The van der Waals surface area contributed by atoms with Crippen molar-refractivity contribution in [1.29, 1.82) is 0 Å². The summed E-state index contributed by atoms with van der Waals surface area (Å²) in [4.78, 5) is 12.0. The van der Waals surface area contributed by atoms with Gasteiger partial charge in [-0.25, -0.2) is 0 Å². The second-order valence-corrected chi connectivity index (χ2v) is 5.41. The maximum absolute atomic E-state index is 12.0. The van der Waals surface area contributed by atoms with E-state index >= 15 is 0 Å². The monoisotopic (exact) mass is 246 g/mol. The number of hydrogen-bond donors (Lipinski definition) is 2. The highest BCUT2D eigenvalue weighted by Gasteiger charge is 2.20. The number of carbonyl (C=O) groups is 1. The van der Waals surface area contributed by atoms with E-state index in [4.69, 9.17) is 5.73 Å². The molecule has 0 unspecified atom stereocenters. The molecule has 18 heavy (non-hydrogen) atoms. The van der Waals surface area contributed by atoms with Gasteiger partial charge in [0, 0.05) is 11.7 Å². The first-order valence-corrected chi connectivity index (χ1v) is 6.78. The van der Waals surface area contributed by atoms with Crippen molar-refractivity contribution in [2.45, 2.75) is 45.1 Å². The quantitative estimate of drug-likeness (QED) is 0.805. The molecule has 0 aromatic heterocycles. The number of anilines is 1. The number of nitrogens with one attached hydrogen (secondary N) is 1. The third kappa shape index (κ3) is 3.49. The largest absolute Gasteiger partial charge is 0.398 e. The van der Waals surface area contributed by atoms with Gasteiger partial charge >= 0.3 is 0 Å². The average Bonchev–Trinajstić information content (AvgIpc) is 2.32. The van der Waals surface area contributed by atoms with Gasteiger partial charge in [0.1, 0.15) is 0 Å². The predicted molar refractivity (Wildman–Crippen MR) is 74.1 cm³/mol. The number of benzene rings is 1. The molecular formula is C15H22N2O. The van der Waals surface area contributed by atoms with Crippen molar-refractivity contribution >= 4 is 11.6 Å². The predicted octanol–water partition coefficient (Wildman–Crippen LogP) is 2.51. The van der Waals surface area contributed by atoms with Crippen LogP contribution >= 0.6 is 0 Å². The lowest BCUT2D eigenvalue weighted by atomic mass is 9.87. The summed E-state index contributed by atoms with van der Waals surface area (Å²) in [5.74, 6) is 0.817. The molecule has 0 heterocycles. The Kier molecular flexibility index (Phi) is 4.24. The first-order valence-electron chi connectivity index (χ1n) is 6.78. The number of nitrogen functional groups attached to an aromatic ring is 1. The van der Waals surface area contributed by atoms with Gasteiger partial charge in [0.2, 0.25) is 5.91 Å². The lowest BCUT2D eigenvalue weighted by Gasteiger charge is -2.27. The Bertz CT molecular complexity index is 417. The molecule has 3 nitrogen and oxygen atoms in total. The van der Waals surface area contributed by atoms with Gasteiger partial charge in [-0.2, -0.15) is 0 Å². The molecule has 1 aliphatic carbocycles. The molecule has 1 fully saturated rings. The van der Waals surface area contributed by atoms with Gasteiger partial charge in [-0.15, -0.1) is 0 Å². The van der Waals surface area contributed by atoms with Gasteiger partial charge in [0.25, 0.3) is 0 Å². The maximum Gasteiger partial charge on any atom is 0.224 e. The summed E-state index contributed by atoms with van der Waals surface area (Å²) in [7, 11) is 0. The normalized spacial score (nSPS) is 23.6. The third-order valence-corrected chi connectivity index (χ3v) is 3.71. The number of nitrogens with two attached hydrogens (primary N) is 1. The van der Waals surface area contributed by atoms with Crippen LogP contribution in [-0.2, 0) is 11.2 Å².